The molecule has 15 aromatic rings. The monoisotopic (exact) mass is 1910 g/mol. The van der Waals surface area contributed by atoms with Crippen LogP contribution in [0.15, 0.2) is 381 Å². The normalized spacial score (nSPS) is 19.8. The number of hydrogen-bond donors (Lipinski definition) is 14. The first kappa shape index (κ1) is 99.9. The molecule has 19 nitrogen and oxygen atoms in total. The molecule has 0 amide bonds. The summed E-state index contributed by atoms with van der Waals surface area (Å²) in [6.07, 6.45) is 26.9. The fourth-order valence-corrected chi connectivity index (χ4v) is 24.1. The zero-order valence-corrected chi connectivity index (χ0v) is 79.3. The standard InChI is InChI=1S/2C22H24O2.C18H18O4S.C18H20O2.C15H12O3.2C10H8O2.C6H6O2/c23-19-5-1-17(2-6-19)21-10-15-9-16(11-21)13-22(12-15,14-21)18-3-7-20(24)8-4-18;23-20-5-1-16(2-6-20)22(17-3-7-21(24)8-4-17)18-10-14-9-15(12-18)13-19(22)11-14;1-3-13-21-15-5-9-17(10-6-15)23(19,20)18-11-7-16(8-12-18)22-14-4-2;19-16-8-4-14(5-9-16)18(12-2-1-3-13-18)15-6-10-17(20)11-7-15;16-13-6-1-11(2-7-13)3-10-15(18)12-4-8-14(17)9-5-12;11-9-3-1-7-5-10(12)4-2-8(7)6-9;11-9-5-1-3-7-8(9)4-2-6-10(7)12;7-5-1-2-6(8)4-3-5/h1-8,15-16,23-24H,9-14H2;1-8,14-15,18-19,23-24H,9-13H2;3-12H,1-2,13-14H2;4-11,19-20H,1-3,12-13H2;1-10,16-17H;2*1-6,11-12H;1-4,7-8H/b;;;;10-3+;;;. The molecule has 15 aromatic carbocycles. The van der Waals surface area contributed by atoms with Gasteiger partial charge in [0.05, 0.1) is 9.79 Å². The molecule has 0 aromatic heterocycles. The zero-order chi connectivity index (χ0) is 99.4. The van der Waals surface area contributed by atoms with Crippen LogP contribution in [0.5, 0.6) is 92.0 Å². The lowest BCUT2D eigenvalue weighted by Crippen LogP contribution is -2.56. The third-order valence-electron chi connectivity index (χ3n) is 28.7. The highest BCUT2D eigenvalue weighted by atomic mass is 32.2. The summed E-state index contributed by atoms with van der Waals surface area (Å²) in [6.45, 7) is 7.87. The van der Waals surface area contributed by atoms with Crippen molar-refractivity contribution in [2.45, 2.75) is 134 Å². The lowest BCUT2D eigenvalue weighted by atomic mass is 9.42. The molecular formula is C121H120O19S. The van der Waals surface area contributed by atoms with E-state index < -0.39 is 9.84 Å². The summed E-state index contributed by atoms with van der Waals surface area (Å²) in [7, 11) is -3.56. The topological polar surface area (TPSA) is 353 Å². The van der Waals surface area contributed by atoms with Gasteiger partial charge in [0.15, 0.2) is 5.78 Å². The number of carbonyl (C=O) groups excluding carboxylic acids is 1. The van der Waals surface area contributed by atoms with Gasteiger partial charge in [0.25, 0.3) is 0 Å². The van der Waals surface area contributed by atoms with E-state index in [-0.39, 0.29) is 83.2 Å². The number of ether oxygens (including phenoxy) is 2. The molecule has 9 aliphatic carbocycles. The number of allylic oxidation sites excluding steroid dienone is 1. The van der Waals surface area contributed by atoms with Crippen LogP contribution in [0.1, 0.15) is 152 Å². The van der Waals surface area contributed by atoms with Crippen molar-refractivity contribution in [3.05, 3.63) is 416 Å². The molecule has 0 atom stereocenters. The van der Waals surface area contributed by atoms with Gasteiger partial charge in [0, 0.05) is 27.2 Å². The van der Waals surface area contributed by atoms with Gasteiger partial charge in [-0.1, -0.05) is 172 Å². The minimum atomic E-state index is -3.56. The minimum absolute atomic E-state index is 0.0274. The molecule has 724 valence electrons. The second-order valence-corrected chi connectivity index (χ2v) is 39.9. The van der Waals surface area contributed by atoms with Crippen molar-refractivity contribution < 1.29 is 94.2 Å². The predicted octanol–water partition coefficient (Wildman–Crippen LogP) is 26.3. The van der Waals surface area contributed by atoms with E-state index in [4.69, 9.17) is 40.1 Å². The van der Waals surface area contributed by atoms with Gasteiger partial charge >= 0.3 is 0 Å². The Balaban J connectivity index is 0.000000124. The van der Waals surface area contributed by atoms with Crippen LogP contribution in [0.25, 0.3) is 27.6 Å². The molecule has 0 saturated heterocycles. The molecule has 0 unspecified atom stereocenters. The lowest BCUT2D eigenvalue weighted by Gasteiger charge is -2.62. The first-order chi connectivity index (χ1) is 68.0. The van der Waals surface area contributed by atoms with Gasteiger partial charge in [-0.15, -0.1) is 0 Å². The highest BCUT2D eigenvalue weighted by molar-refractivity contribution is 7.91. The second-order valence-electron chi connectivity index (χ2n) is 38.0. The van der Waals surface area contributed by atoms with Crippen LogP contribution >= 0.6 is 0 Å². The first-order valence-corrected chi connectivity index (χ1v) is 49.3. The van der Waals surface area contributed by atoms with Crippen molar-refractivity contribution in [3.8, 4) is 92.0 Å². The molecule has 20 heteroatoms. The van der Waals surface area contributed by atoms with Crippen LogP contribution in [-0.2, 0) is 31.5 Å². The van der Waals surface area contributed by atoms with Crippen LogP contribution in [-0.4, -0.2) is 98.9 Å². The molecule has 14 N–H and O–H groups in total. The maximum absolute atomic E-state index is 12.6. The maximum Gasteiger partial charge on any atom is 0.206 e. The number of rotatable bonds is 17. The zero-order valence-electron chi connectivity index (χ0n) is 78.5. The van der Waals surface area contributed by atoms with Crippen molar-refractivity contribution in [3.63, 3.8) is 0 Å². The highest BCUT2D eigenvalue weighted by Gasteiger charge is 2.60. The second kappa shape index (κ2) is 44.9. The van der Waals surface area contributed by atoms with Gasteiger partial charge in [0.2, 0.25) is 9.84 Å². The third kappa shape index (κ3) is 24.2. The van der Waals surface area contributed by atoms with Crippen molar-refractivity contribution >= 4 is 43.2 Å². The summed E-state index contributed by atoms with van der Waals surface area (Å²) in [5.74, 6) is 9.43. The van der Waals surface area contributed by atoms with E-state index in [9.17, 15) is 54.1 Å². The molecule has 141 heavy (non-hydrogen) atoms. The van der Waals surface area contributed by atoms with Gasteiger partial charge in [-0.2, -0.15) is 0 Å². The molecule has 0 aliphatic heterocycles. The lowest BCUT2D eigenvalue weighted by molar-refractivity contribution is -0.0418. The van der Waals surface area contributed by atoms with Crippen LogP contribution in [0.4, 0.5) is 0 Å². The quantitative estimate of drug-likeness (QED) is 0.0174. The number of carbonyl (C=O) groups is 1. The van der Waals surface area contributed by atoms with E-state index >= 15 is 0 Å². The summed E-state index contributed by atoms with van der Waals surface area (Å²) in [6, 6.07) is 98.2. The maximum atomic E-state index is 12.6. The summed E-state index contributed by atoms with van der Waals surface area (Å²) in [5.41, 5.74) is 10.0. The Kier molecular flexibility index (Phi) is 31.8. The van der Waals surface area contributed by atoms with E-state index in [1.165, 1.54) is 190 Å². The molecule has 9 fully saturated rings. The predicted molar refractivity (Wildman–Crippen MR) is 552 cm³/mol. The fourth-order valence-electron chi connectivity index (χ4n) is 22.8. The van der Waals surface area contributed by atoms with Crippen LogP contribution in [0.3, 0.4) is 0 Å². The molecular weight excluding hydrogens is 1790 g/mol. The fraction of sp³-hybridized carbons (Fsp3) is 0.231. The van der Waals surface area contributed by atoms with Crippen LogP contribution < -0.4 is 9.47 Å². The SMILES string of the molecule is C=CCOc1ccc(S(=O)(=O)c2ccc(OCC=C)cc2)cc1.O=C(/C=C/c1ccc(O)cc1)c1ccc(O)cc1.Oc1ccc(C2(c3ccc(O)cc3)C3CC4CC(C3)CC2C4)cc1.Oc1ccc(C2(c3ccc(O)cc3)CCCCC2)cc1.Oc1ccc(C23CC4CC(C2)CC(c2ccc(O)cc2)(C4)C3)cc1.Oc1ccc(O)cc1.Oc1ccc2cc(O)ccc2c1.Oc1cccc2c(O)cccc12. The first-order valence-electron chi connectivity index (χ1n) is 47.8. The number of benzene rings is 15. The van der Waals surface area contributed by atoms with E-state index in [0.717, 1.165) is 52.8 Å². The van der Waals surface area contributed by atoms with Crippen molar-refractivity contribution in [2.75, 3.05) is 13.2 Å². The molecule has 0 radical (unpaired) electrons. The van der Waals surface area contributed by atoms with Gasteiger partial charge < -0.3 is 81.0 Å². The molecule has 0 heterocycles. The van der Waals surface area contributed by atoms with Crippen molar-refractivity contribution in [1.82, 2.24) is 0 Å². The Hall–Kier alpha value is -15.5. The average Bonchev–Trinajstić information content (AvgIpc) is 0.702. The molecule has 24 rings (SSSR count). The highest BCUT2D eigenvalue weighted by Crippen LogP contribution is 2.68. The van der Waals surface area contributed by atoms with E-state index in [1.54, 1.807) is 176 Å². The molecule has 8 bridgehead atoms. The Morgan fingerprint density at radius 3 is 0.979 bits per heavy atom. The number of aromatic hydroxyl groups is 14. The minimum Gasteiger partial charge on any atom is -0.508 e. The number of fused-ring (bicyclic) bond motifs is 2. The van der Waals surface area contributed by atoms with E-state index in [0.29, 0.717) is 87.4 Å². The Labute approximate surface area is 822 Å². The summed E-state index contributed by atoms with van der Waals surface area (Å²) < 4.78 is 35.8. The van der Waals surface area contributed by atoms with Gasteiger partial charge in [-0.25, -0.2) is 8.42 Å². The largest absolute Gasteiger partial charge is 0.508 e. The van der Waals surface area contributed by atoms with Crippen LogP contribution in [0, 0.1) is 35.5 Å². The molecule has 0 spiro atoms. The van der Waals surface area contributed by atoms with Crippen LogP contribution in [0.2, 0.25) is 0 Å². The smallest absolute Gasteiger partial charge is 0.206 e. The number of phenols is 14. The number of sulfone groups is 1. The third-order valence-corrected chi connectivity index (χ3v) is 30.5. The molecule has 9 aliphatic rings. The van der Waals surface area contributed by atoms with Gasteiger partial charge in [0.1, 0.15) is 105 Å². The summed E-state index contributed by atoms with van der Waals surface area (Å²) >= 11 is 0. The van der Waals surface area contributed by atoms with Gasteiger partial charge in [-0.3, -0.25) is 4.79 Å². The summed E-state index contributed by atoms with van der Waals surface area (Å²) in [4.78, 5) is 12.2. The summed E-state index contributed by atoms with van der Waals surface area (Å²) in [5, 5.41) is 134. The average molecular weight is 1910 g/mol. The Morgan fingerprint density at radius 1 is 0.326 bits per heavy atom. The van der Waals surface area contributed by atoms with E-state index in [1.807, 2.05) is 72.8 Å². The van der Waals surface area contributed by atoms with Crippen molar-refractivity contribution in [1.29, 1.82) is 0 Å². The number of hydrogen-bond acceptors (Lipinski definition) is 19. The number of phenolic OH excluding ortho intramolecular Hbond substituents is 14. The molecule has 9 saturated carbocycles. The van der Waals surface area contributed by atoms with Crippen molar-refractivity contribution in [2.24, 2.45) is 35.5 Å². The van der Waals surface area contributed by atoms with Gasteiger partial charge in [-0.05, 0) is 404 Å². The Morgan fingerprint density at radius 2 is 0.631 bits per heavy atom. The Bertz CT molecular complexity index is 6480. The number of ketones is 1. The van der Waals surface area contributed by atoms with E-state index in [2.05, 4.69) is 61.7 Å².